The summed E-state index contributed by atoms with van der Waals surface area (Å²) in [6.07, 6.45) is 2.00. The second kappa shape index (κ2) is 7.71. The van der Waals surface area contributed by atoms with Gasteiger partial charge in [-0.1, -0.05) is 22.0 Å². The molecule has 0 fully saturated rings. The van der Waals surface area contributed by atoms with E-state index in [0.29, 0.717) is 12.3 Å². The number of rotatable bonds is 6. The van der Waals surface area contributed by atoms with E-state index in [1.165, 1.54) is 0 Å². The lowest BCUT2D eigenvalue weighted by molar-refractivity contribution is -0.126. The molecule has 1 amide bonds. The topological polar surface area (TPSA) is 38.3 Å². The van der Waals surface area contributed by atoms with Crippen LogP contribution in [0.3, 0.4) is 0 Å². The van der Waals surface area contributed by atoms with Gasteiger partial charge in [0.2, 0.25) is 0 Å². The Balaban J connectivity index is 2.58. The van der Waals surface area contributed by atoms with Crippen LogP contribution in [0.2, 0.25) is 0 Å². The van der Waals surface area contributed by atoms with Crippen molar-refractivity contribution in [2.45, 2.75) is 19.4 Å². The fourth-order valence-electron chi connectivity index (χ4n) is 1.23. The predicted molar refractivity (Wildman–Crippen MR) is 80.7 cm³/mol. The Kier molecular flexibility index (Phi) is 6.60. The molecule has 1 aromatic rings. The maximum absolute atomic E-state index is 11.9. The van der Waals surface area contributed by atoms with E-state index < -0.39 is 6.10 Å². The standard InChI is InChI=1S/C13H15Br2NO2/c1-3-4-7-18-9(2)13(17)16-12-8-10(14)5-6-11(12)15/h3,5-6,8-9H,1,4,7H2,2H3,(H,16,17). The van der Waals surface area contributed by atoms with Gasteiger partial charge in [-0.2, -0.15) is 0 Å². The first-order chi connectivity index (χ1) is 8.54. The molecule has 0 aromatic heterocycles. The van der Waals surface area contributed by atoms with Crippen LogP contribution in [0.1, 0.15) is 13.3 Å². The van der Waals surface area contributed by atoms with Crippen LogP contribution in [0.5, 0.6) is 0 Å². The molecular formula is C13H15Br2NO2. The molecule has 1 aromatic carbocycles. The summed E-state index contributed by atoms with van der Waals surface area (Å²) in [7, 11) is 0. The number of amides is 1. The van der Waals surface area contributed by atoms with Crippen LogP contribution in [0.15, 0.2) is 39.8 Å². The summed E-state index contributed by atoms with van der Waals surface area (Å²) in [4.78, 5) is 11.9. The SMILES string of the molecule is C=CCCOC(C)C(=O)Nc1cc(Br)ccc1Br. The second-order valence-corrected chi connectivity index (χ2v) is 5.47. The number of hydrogen-bond donors (Lipinski definition) is 1. The van der Waals surface area contributed by atoms with Crippen molar-refractivity contribution < 1.29 is 9.53 Å². The Labute approximate surface area is 124 Å². The quantitative estimate of drug-likeness (QED) is 0.598. The van der Waals surface area contributed by atoms with E-state index in [2.05, 4.69) is 43.8 Å². The van der Waals surface area contributed by atoms with E-state index in [1.807, 2.05) is 18.2 Å². The molecule has 0 spiro atoms. The van der Waals surface area contributed by atoms with Gasteiger partial charge < -0.3 is 10.1 Å². The molecule has 0 radical (unpaired) electrons. The van der Waals surface area contributed by atoms with Crippen molar-refractivity contribution in [1.82, 2.24) is 0 Å². The lowest BCUT2D eigenvalue weighted by Crippen LogP contribution is -2.28. The average molecular weight is 377 g/mol. The summed E-state index contributed by atoms with van der Waals surface area (Å²) < 4.78 is 7.11. The van der Waals surface area contributed by atoms with E-state index in [-0.39, 0.29) is 5.91 Å². The van der Waals surface area contributed by atoms with E-state index >= 15 is 0 Å². The maximum Gasteiger partial charge on any atom is 0.253 e. The number of hydrogen-bond acceptors (Lipinski definition) is 2. The lowest BCUT2D eigenvalue weighted by Gasteiger charge is -2.14. The molecule has 18 heavy (non-hydrogen) atoms. The lowest BCUT2D eigenvalue weighted by atomic mass is 10.3. The number of ether oxygens (including phenoxy) is 1. The smallest absolute Gasteiger partial charge is 0.253 e. The molecule has 0 aliphatic heterocycles. The molecule has 5 heteroatoms. The van der Waals surface area contributed by atoms with Gasteiger partial charge in [-0.25, -0.2) is 0 Å². The molecular weight excluding hydrogens is 362 g/mol. The van der Waals surface area contributed by atoms with Gasteiger partial charge in [-0.15, -0.1) is 6.58 Å². The second-order valence-electron chi connectivity index (χ2n) is 3.70. The van der Waals surface area contributed by atoms with Gasteiger partial charge >= 0.3 is 0 Å². The first-order valence-corrected chi connectivity index (χ1v) is 7.11. The maximum atomic E-state index is 11.9. The van der Waals surface area contributed by atoms with Crippen LogP contribution in [0.25, 0.3) is 0 Å². The molecule has 98 valence electrons. The van der Waals surface area contributed by atoms with Crippen molar-refractivity contribution in [2.24, 2.45) is 0 Å². The molecule has 1 N–H and O–H groups in total. The number of nitrogens with one attached hydrogen (secondary N) is 1. The normalized spacial score (nSPS) is 11.9. The minimum Gasteiger partial charge on any atom is -0.368 e. The van der Waals surface area contributed by atoms with Crippen LogP contribution in [0.4, 0.5) is 5.69 Å². The number of halogens is 2. The van der Waals surface area contributed by atoms with E-state index in [9.17, 15) is 4.79 Å². The van der Waals surface area contributed by atoms with Crippen LogP contribution in [-0.4, -0.2) is 18.6 Å². The molecule has 1 atom stereocenters. The Morgan fingerprint density at radius 2 is 2.28 bits per heavy atom. The molecule has 0 bridgehead atoms. The molecule has 0 saturated heterocycles. The third-order valence-electron chi connectivity index (χ3n) is 2.25. The average Bonchev–Trinajstić information content (AvgIpc) is 2.34. The summed E-state index contributed by atoms with van der Waals surface area (Å²) >= 11 is 6.74. The van der Waals surface area contributed by atoms with Crippen molar-refractivity contribution in [3.8, 4) is 0 Å². The fourth-order valence-corrected chi connectivity index (χ4v) is 1.94. The molecule has 0 aliphatic carbocycles. The molecule has 1 unspecified atom stereocenters. The number of carbonyl (C=O) groups is 1. The Hall–Kier alpha value is -0.650. The molecule has 1 rings (SSSR count). The van der Waals surface area contributed by atoms with Crippen molar-refractivity contribution in [3.05, 3.63) is 39.8 Å². The molecule has 0 aliphatic rings. The summed E-state index contributed by atoms with van der Waals surface area (Å²) in [6.45, 7) is 5.82. The van der Waals surface area contributed by atoms with E-state index in [4.69, 9.17) is 4.74 Å². The summed E-state index contributed by atoms with van der Waals surface area (Å²) in [6, 6.07) is 5.59. The van der Waals surface area contributed by atoms with Crippen molar-refractivity contribution >= 4 is 43.5 Å². The minimum atomic E-state index is -0.490. The molecule has 0 heterocycles. The van der Waals surface area contributed by atoms with Gasteiger partial charge in [0.15, 0.2) is 0 Å². The Morgan fingerprint density at radius 3 is 2.94 bits per heavy atom. The van der Waals surface area contributed by atoms with Gasteiger partial charge in [0.05, 0.1) is 12.3 Å². The van der Waals surface area contributed by atoms with Crippen molar-refractivity contribution in [1.29, 1.82) is 0 Å². The first-order valence-electron chi connectivity index (χ1n) is 5.53. The van der Waals surface area contributed by atoms with Gasteiger partial charge in [-0.05, 0) is 47.5 Å². The van der Waals surface area contributed by atoms with E-state index in [0.717, 1.165) is 15.4 Å². The largest absolute Gasteiger partial charge is 0.368 e. The highest BCUT2D eigenvalue weighted by Crippen LogP contribution is 2.26. The van der Waals surface area contributed by atoms with E-state index in [1.54, 1.807) is 13.0 Å². The van der Waals surface area contributed by atoms with Crippen LogP contribution in [0, 0.1) is 0 Å². The Bertz CT molecular complexity index is 435. The zero-order chi connectivity index (χ0) is 13.5. The molecule has 3 nitrogen and oxygen atoms in total. The van der Waals surface area contributed by atoms with Crippen LogP contribution >= 0.6 is 31.9 Å². The highest BCUT2D eigenvalue weighted by Gasteiger charge is 2.14. The Morgan fingerprint density at radius 1 is 1.56 bits per heavy atom. The van der Waals surface area contributed by atoms with Gasteiger partial charge in [0.25, 0.3) is 5.91 Å². The number of anilines is 1. The summed E-state index contributed by atoms with van der Waals surface area (Å²) in [5.74, 6) is -0.169. The highest BCUT2D eigenvalue weighted by atomic mass is 79.9. The van der Waals surface area contributed by atoms with Gasteiger partial charge in [0.1, 0.15) is 6.10 Å². The van der Waals surface area contributed by atoms with Gasteiger partial charge in [0, 0.05) is 8.95 Å². The third-order valence-corrected chi connectivity index (χ3v) is 3.43. The van der Waals surface area contributed by atoms with Crippen molar-refractivity contribution in [3.63, 3.8) is 0 Å². The monoisotopic (exact) mass is 375 g/mol. The molecule has 0 saturated carbocycles. The van der Waals surface area contributed by atoms with Crippen LogP contribution < -0.4 is 5.32 Å². The first kappa shape index (κ1) is 15.4. The zero-order valence-electron chi connectivity index (χ0n) is 10.1. The number of carbonyl (C=O) groups excluding carboxylic acids is 1. The number of benzene rings is 1. The fraction of sp³-hybridized carbons (Fsp3) is 0.308. The summed E-state index contributed by atoms with van der Waals surface area (Å²) in [5, 5.41) is 2.81. The predicted octanol–water partition coefficient (Wildman–Crippen LogP) is 4.13. The zero-order valence-corrected chi connectivity index (χ0v) is 13.3. The van der Waals surface area contributed by atoms with Crippen LogP contribution in [-0.2, 0) is 9.53 Å². The summed E-state index contributed by atoms with van der Waals surface area (Å²) in [5.41, 5.74) is 0.716. The highest BCUT2D eigenvalue weighted by molar-refractivity contribution is 9.11. The van der Waals surface area contributed by atoms with Crippen molar-refractivity contribution in [2.75, 3.05) is 11.9 Å². The minimum absolute atomic E-state index is 0.169. The van der Waals surface area contributed by atoms with Gasteiger partial charge in [-0.3, -0.25) is 4.79 Å². The third kappa shape index (κ3) is 4.92.